The Morgan fingerprint density at radius 3 is 2.48 bits per heavy atom. The summed E-state index contributed by atoms with van der Waals surface area (Å²) in [4.78, 5) is 2.27. The first-order chi connectivity index (χ1) is 10.9. The summed E-state index contributed by atoms with van der Waals surface area (Å²) >= 11 is 0. The Labute approximate surface area is 135 Å². The van der Waals surface area contributed by atoms with Gasteiger partial charge in [-0.15, -0.1) is 13.2 Å². The molecule has 6 heteroatoms. The van der Waals surface area contributed by atoms with Crippen LogP contribution in [0.4, 0.5) is 13.2 Å². The van der Waals surface area contributed by atoms with E-state index in [1.807, 2.05) is 0 Å². The summed E-state index contributed by atoms with van der Waals surface area (Å²) in [5, 5.41) is 3.29. The predicted octanol–water partition coefficient (Wildman–Crippen LogP) is 3.97. The third-order valence-electron chi connectivity index (χ3n) is 4.29. The molecule has 1 aliphatic rings. The van der Waals surface area contributed by atoms with Gasteiger partial charge in [0, 0.05) is 37.8 Å². The third-order valence-corrected chi connectivity index (χ3v) is 4.29. The Kier molecular flexibility index (Phi) is 6.30. The molecular weight excluding hydrogens is 305 g/mol. The number of hydrogen-bond donors (Lipinski definition) is 1. The minimum absolute atomic E-state index is 0.0596. The zero-order valence-electron chi connectivity index (χ0n) is 13.7. The number of rotatable bonds is 6. The van der Waals surface area contributed by atoms with Gasteiger partial charge in [0.15, 0.2) is 0 Å². The molecule has 1 aliphatic heterocycles. The molecule has 130 valence electrons. The Morgan fingerprint density at radius 2 is 1.87 bits per heavy atom. The van der Waals surface area contributed by atoms with E-state index in [2.05, 4.69) is 28.8 Å². The standard InChI is InChI=1S/C17H25F3N2O/c1-3-6-13(2)16(22-11-9-21-10-12-22)14-7-4-5-8-15(14)23-17(18,19)20/h4-5,7-8,13,16,21H,3,6,9-12H2,1-2H3/t13?,16-/m1/s1. The van der Waals surface area contributed by atoms with E-state index in [0.29, 0.717) is 5.56 Å². The van der Waals surface area contributed by atoms with Crippen molar-refractivity contribution in [1.82, 2.24) is 10.2 Å². The third kappa shape index (κ3) is 5.11. The van der Waals surface area contributed by atoms with Gasteiger partial charge in [0.1, 0.15) is 5.75 Å². The minimum atomic E-state index is -4.67. The molecule has 1 saturated heterocycles. The van der Waals surface area contributed by atoms with Gasteiger partial charge in [0.05, 0.1) is 0 Å². The number of nitrogens with one attached hydrogen (secondary N) is 1. The van der Waals surface area contributed by atoms with Gasteiger partial charge in [0.25, 0.3) is 0 Å². The Morgan fingerprint density at radius 1 is 1.22 bits per heavy atom. The maximum atomic E-state index is 12.7. The quantitative estimate of drug-likeness (QED) is 0.854. The minimum Gasteiger partial charge on any atom is -0.405 e. The molecule has 1 N–H and O–H groups in total. The van der Waals surface area contributed by atoms with E-state index >= 15 is 0 Å². The molecule has 0 spiro atoms. The van der Waals surface area contributed by atoms with E-state index in [9.17, 15) is 13.2 Å². The fourth-order valence-electron chi connectivity index (χ4n) is 3.38. The lowest BCUT2D eigenvalue weighted by atomic mass is 9.88. The van der Waals surface area contributed by atoms with Crippen molar-refractivity contribution in [3.8, 4) is 5.75 Å². The van der Waals surface area contributed by atoms with E-state index in [1.54, 1.807) is 18.2 Å². The van der Waals surface area contributed by atoms with Gasteiger partial charge in [0.2, 0.25) is 0 Å². The zero-order valence-corrected chi connectivity index (χ0v) is 13.7. The van der Waals surface area contributed by atoms with Crippen LogP contribution in [0.2, 0.25) is 0 Å². The lowest BCUT2D eigenvalue weighted by molar-refractivity contribution is -0.275. The van der Waals surface area contributed by atoms with Gasteiger partial charge >= 0.3 is 6.36 Å². The second-order valence-corrected chi connectivity index (χ2v) is 6.08. The van der Waals surface area contributed by atoms with Gasteiger partial charge in [-0.25, -0.2) is 0 Å². The summed E-state index contributed by atoms with van der Waals surface area (Å²) in [6.45, 7) is 7.59. The van der Waals surface area contributed by atoms with Crippen LogP contribution < -0.4 is 10.1 Å². The SMILES string of the molecule is CCCC(C)[C@H](c1ccccc1OC(F)(F)F)N1CCNCC1. The van der Waals surface area contributed by atoms with Crippen molar-refractivity contribution in [3.05, 3.63) is 29.8 Å². The predicted molar refractivity (Wildman–Crippen MR) is 84.4 cm³/mol. The van der Waals surface area contributed by atoms with E-state index in [1.165, 1.54) is 6.07 Å². The van der Waals surface area contributed by atoms with Crippen molar-refractivity contribution in [2.75, 3.05) is 26.2 Å². The highest BCUT2D eigenvalue weighted by atomic mass is 19.4. The first-order valence-electron chi connectivity index (χ1n) is 8.22. The Bertz CT molecular complexity index is 487. The lowest BCUT2D eigenvalue weighted by Gasteiger charge is -2.39. The lowest BCUT2D eigenvalue weighted by Crippen LogP contribution is -2.46. The normalized spacial score (nSPS) is 19.3. The number of alkyl halides is 3. The van der Waals surface area contributed by atoms with Gasteiger partial charge in [-0.2, -0.15) is 0 Å². The first kappa shape index (κ1) is 18.1. The molecule has 1 aromatic carbocycles. The van der Waals surface area contributed by atoms with Crippen LogP contribution in [-0.4, -0.2) is 37.4 Å². The summed E-state index contributed by atoms with van der Waals surface area (Å²) < 4.78 is 42.5. The molecule has 1 aromatic rings. The number of piperazine rings is 1. The monoisotopic (exact) mass is 330 g/mol. The maximum absolute atomic E-state index is 12.7. The summed E-state index contributed by atoms with van der Waals surface area (Å²) in [6.07, 6.45) is -2.70. The molecule has 0 saturated carbocycles. The number of benzene rings is 1. The maximum Gasteiger partial charge on any atom is 0.573 e. The number of para-hydroxylation sites is 1. The zero-order chi connectivity index (χ0) is 16.9. The number of ether oxygens (including phenoxy) is 1. The van der Waals surface area contributed by atoms with Crippen molar-refractivity contribution in [2.24, 2.45) is 5.92 Å². The summed E-state index contributed by atoms with van der Waals surface area (Å²) in [5.41, 5.74) is 0.632. The van der Waals surface area contributed by atoms with Crippen LogP contribution in [0.15, 0.2) is 24.3 Å². The average molecular weight is 330 g/mol. The van der Waals surface area contributed by atoms with E-state index in [0.717, 1.165) is 39.0 Å². The highest BCUT2D eigenvalue weighted by Crippen LogP contribution is 2.38. The van der Waals surface area contributed by atoms with Gasteiger partial charge in [-0.05, 0) is 18.4 Å². The van der Waals surface area contributed by atoms with Gasteiger partial charge in [-0.3, -0.25) is 4.90 Å². The van der Waals surface area contributed by atoms with Crippen LogP contribution in [0.25, 0.3) is 0 Å². The van der Waals surface area contributed by atoms with Crippen LogP contribution in [-0.2, 0) is 0 Å². The molecule has 2 atom stereocenters. The number of halogens is 3. The highest BCUT2D eigenvalue weighted by Gasteiger charge is 2.35. The Balaban J connectivity index is 2.34. The topological polar surface area (TPSA) is 24.5 Å². The molecule has 0 amide bonds. The average Bonchev–Trinajstić information content (AvgIpc) is 2.49. The van der Waals surface area contributed by atoms with E-state index in [4.69, 9.17) is 0 Å². The molecule has 3 nitrogen and oxygen atoms in total. The van der Waals surface area contributed by atoms with Crippen LogP contribution >= 0.6 is 0 Å². The largest absolute Gasteiger partial charge is 0.573 e. The molecule has 1 fully saturated rings. The molecule has 23 heavy (non-hydrogen) atoms. The van der Waals surface area contributed by atoms with Crippen LogP contribution in [0.1, 0.15) is 38.3 Å². The van der Waals surface area contributed by atoms with Crippen LogP contribution in [0.5, 0.6) is 5.75 Å². The van der Waals surface area contributed by atoms with E-state index in [-0.39, 0.29) is 17.7 Å². The summed E-state index contributed by atoms with van der Waals surface area (Å²) in [7, 11) is 0. The second-order valence-electron chi connectivity index (χ2n) is 6.08. The van der Waals surface area contributed by atoms with Crippen molar-refractivity contribution in [2.45, 2.75) is 39.1 Å². The van der Waals surface area contributed by atoms with Crippen LogP contribution in [0, 0.1) is 5.92 Å². The Hall–Kier alpha value is -1.27. The number of hydrogen-bond acceptors (Lipinski definition) is 3. The fraction of sp³-hybridized carbons (Fsp3) is 0.647. The van der Waals surface area contributed by atoms with Crippen molar-refractivity contribution in [3.63, 3.8) is 0 Å². The molecular formula is C17H25F3N2O. The molecule has 0 aliphatic carbocycles. The summed E-state index contributed by atoms with van der Waals surface area (Å²) in [6, 6.07) is 6.49. The second kappa shape index (κ2) is 8.02. The van der Waals surface area contributed by atoms with E-state index < -0.39 is 6.36 Å². The van der Waals surface area contributed by atoms with Crippen molar-refractivity contribution < 1.29 is 17.9 Å². The molecule has 2 rings (SSSR count). The first-order valence-corrected chi connectivity index (χ1v) is 8.22. The van der Waals surface area contributed by atoms with Crippen molar-refractivity contribution in [1.29, 1.82) is 0 Å². The highest BCUT2D eigenvalue weighted by molar-refractivity contribution is 5.36. The fourth-order valence-corrected chi connectivity index (χ4v) is 3.38. The van der Waals surface area contributed by atoms with Crippen molar-refractivity contribution >= 4 is 0 Å². The summed E-state index contributed by atoms with van der Waals surface area (Å²) in [5.74, 6) is 0.183. The van der Waals surface area contributed by atoms with Gasteiger partial charge < -0.3 is 10.1 Å². The van der Waals surface area contributed by atoms with Crippen LogP contribution in [0.3, 0.4) is 0 Å². The molecule has 0 radical (unpaired) electrons. The molecule has 0 aromatic heterocycles. The van der Waals surface area contributed by atoms with Gasteiger partial charge in [-0.1, -0.05) is 38.5 Å². The number of nitrogens with zero attached hydrogens (tertiary/aromatic N) is 1. The molecule has 1 heterocycles. The smallest absolute Gasteiger partial charge is 0.405 e. The molecule has 1 unspecified atom stereocenters. The molecule has 0 bridgehead atoms.